The molecule has 2 heterocycles. The maximum Gasteiger partial charge on any atom is 0.211 e. The molecule has 0 amide bonds. The van der Waals surface area contributed by atoms with Gasteiger partial charge < -0.3 is 5.11 Å². The Morgan fingerprint density at radius 1 is 0.857 bits per heavy atom. The van der Waals surface area contributed by atoms with Gasteiger partial charge in [0.05, 0.1) is 9.79 Å². The molecule has 0 bridgehead atoms. The second-order valence-electron chi connectivity index (χ2n) is 6.08. The number of carbonyl (C=O) groups excluding carboxylic acids is 1. The third-order valence-electron chi connectivity index (χ3n) is 4.43. The number of rotatable bonds is 2. The number of allylic oxidation sites excluding steroid dienone is 4. The summed E-state index contributed by atoms with van der Waals surface area (Å²) in [6.07, 6.45) is 1.84. The number of Topliss-reactive ketones (excluding diaryl/α,β-unsaturated/α-hetero) is 1. The SMILES string of the molecule is O=C1C(=CC(Cl)=CC2=C(O)c3ccccc3S2(=O)=O)S(=O)(=O)c2ccccc21. The zero-order chi connectivity index (χ0) is 20.3. The van der Waals surface area contributed by atoms with Crippen molar-refractivity contribution in [1.29, 1.82) is 0 Å². The summed E-state index contributed by atoms with van der Waals surface area (Å²) >= 11 is 6.07. The topological polar surface area (TPSA) is 106 Å². The van der Waals surface area contributed by atoms with Crippen LogP contribution < -0.4 is 0 Å². The van der Waals surface area contributed by atoms with Crippen molar-refractivity contribution in [3.8, 4) is 0 Å². The van der Waals surface area contributed by atoms with Crippen molar-refractivity contribution in [3.05, 3.63) is 86.7 Å². The Hall–Kier alpha value is -2.68. The molecule has 142 valence electrons. The summed E-state index contributed by atoms with van der Waals surface area (Å²) in [5.74, 6) is -1.21. The van der Waals surface area contributed by atoms with Gasteiger partial charge in [-0.2, -0.15) is 0 Å². The largest absolute Gasteiger partial charge is 0.506 e. The van der Waals surface area contributed by atoms with Crippen LogP contribution in [0, 0.1) is 0 Å². The lowest BCUT2D eigenvalue weighted by Crippen LogP contribution is -2.03. The summed E-state index contributed by atoms with van der Waals surface area (Å²) in [7, 11) is -8.08. The number of aliphatic hydroxyl groups excluding tert-OH is 1. The highest BCUT2D eigenvalue weighted by molar-refractivity contribution is 7.97. The molecule has 0 radical (unpaired) electrons. The van der Waals surface area contributed by atoms with Gasteiger partial charge in [-0.15, -0.1) is 0 Å². The molecule has 4 rings (SSSR count). The van der Waals surface area contributed by atoms with E-state index in [9.17, 15) is 26.7 Å². The molecule has 2 aromatic carbocycles. The molecule has 9 heteroatoms. The van der Waals surface area contributed by atoms with Gasteiger partial charge in [-0.05, 0) is 36.4 Å². The van der Waals surface area contributed by atoms with Gasteiger partial charge in [-0.3, -0.25) is 4.79 Å². The molecule has 0 saturated carbocycles. The fourth-order valence-corrected chi connectivity index (χ4v) is 6.64. The summed E-state index contributed by atoms with van der Waals surface area (Å²) in [5, 5.41) is 9.95. The van der Waals surface area contributed by atoms with Crippen LogP contribution in [0.5, 0.6) is 0 Å². The van der Waals surface area contributed by atoms with E-state index in [1.807, 2.05) is 0 Å². The summed E-state index contributed by atoms with van der Waals surface area (Å²) in [5.41, 5.74) is 0.156. The minimum absolute atomic E-state index is 0.0289. The molecule has 28 heavy (non-hydrogen) atoms. The van der Waals surface area contributed by atoms with E-state index in [1.165, 1.54) is 42.5 Å². The highest BCUT2D eigenvalue weighted by Gasteiger charge is 2.39. The van der Waals surface area contributed by atoms with Gasteiger partial charge in [0.15, 0.2) is 0 Å². The first kappa shape index (κ1) is 18.7. The number of sulfone groups is 2. The second kappa shape index (κ2) is 6.16. The van der Waals surface area contributed by atoms with Crippen molar-refractivity contribution >= 4 is 42.8 Å². The number of carbonyl (C=O) groups is 1. The Labute approximate surface area is 165 Å². The Bertz CT molecular complexity index is 1360. The zero-order valence-corrected chi connectivity index (χ0v) is 16.3. The predicted octanol–water partition coefficient (Wildman–Crippen LogP) is 3.38. The van der Waals surface area contributed by atoms with Crippen LogP contribution in [0.1, 0.15) is 15.9 Å². The predicted molar refractivity (Wildman–Crippen MR) is 103 cm³/mol. The lowest BCUT2D eigenvalue weighted by molar-refractivity contribution is 0.104. The Balaban J connectivity index is 1.83. The first-order chi connectivity index (χ1) is 13.2. The number of hydrogen-bond acceptors (Lipinski definition) is 6. The van der Waals surface area contributed by atoms with Crippen LogP contribution >= 0.6 is 11.6 Å². The quantitative estimate of drug-likeness (QED) is 0.726. The third-order valence-corrected chi connectivity index (χ3v) is 8.29. The average molecular weight is 435 g/mol. The molecule has 1 N–H and O–H groups in total. The Morgan fingerprint density at radius 2 is 1.39 bits per heavy atom. The number of halogens is 1. The van der Waals surface area contributed by atoms with Crippen LogP contribution in [0.25, 0.3) is 5.76 Å². The van der Waals surface area contributed by atoms with E-state index in [-0.39, 0.29) is 26.0 Å². The standard InChI is InChI=1S/C19H11ClO6S2/c20-11(9-16-18(21)12-5-1-3-7-14(12)27(16,23)24)10-17-19(22)13-6-2-4-8-15(13)28(17,25)26/h1-10,21H. The maximum atomic E-state index is 12.6. The molecule has 2 aliphatic heterocycles. The van der Waals surface area contributed by atoms with Crippen molar-refractivity contribution < 1.29 is 26.7 Å². The van der Waals surface area contributed by atoms with Gasteiger partial charge in [0.2, 0.25) is 25.5 Å². The number of fused-ring (bicyclic) bond motifs is 2. The van der Waals surface area contributed by atoms with Gasteiger partial charge >= 0.3 is 0 Å². The smallest absolute Gasteiger partial charge is 0.211 e. The van der Waals surface area contributed by atoms with E-state index >= 15 is 0 Å². The van der Waals surface area contributed by atoms with Crippen LogP contribution in [0.4, 0.5) is 0 Å². The van der Waals surface area contributed by atoms with E-state index in [0.717, 1.165) is 12.2 Å². The van der Waals surface area contributed by atoms with Crippen LogP contribution in [-0.4, -0.2) is 27.7 Å². The Kier molecular flexibility index (Phi) is 4.11. The molecular formula is C19H11ClO6S2. The molecule has 2 aromatic rings. The normalized spacial score (nSPS) is 21.1. The van der Waals surface area contributed by atoms with Crippen LogP contribution in [-0.2, 0) is 19.7 Å². The third kappa shape index (κ3) is 2.56. The molecule has 0 aromatic heterocycles. The fraction of sp³-hybridized carbons (Fsp3) is 0. The van der Waals surface area contributed by atoms with E-state index in [0.29, 0.717) is 0 Å². The lowest BCUT2D eigenvalue weighted by Gasteiger charge is -2.00. The molecule has 0 atom stereocenters. The molecule has 0 aliphatic carbocycles. The van der Waals surface area contributed by atoms with Crippen LogP contribution in [0.3, 0.4) is 0 Å². The van der Waals surface area contributed by atoms with Gasteiger partial charge in [-0.1, -0.05) is 35.9 Å². The summed E-state index contributed by atoms with van der Waals surface area (Å²) < 4.78 is 50.4. The first-order valence-electron chi connectivity index (χ1n) is 7.91. The zero-order valence-electron chi connectivity index (χ0n) is 14.0. The second-order valence-corrected chi connectivity index (χ2v) is 10.3. The van der Waals surface area contributed by atoms with Gasteiger partial charge in [0, 0.05) is 16.2 Å². The number of ketones is 1. The summed E-state index contributed by atoms with van der Waals surface area (Å²) in [6, 6.07) is 11.6. The minimum atomic E-state index is -4.06. The van der Waals surface area contributed by atoms with E-state index in [1.54, 1.807) is 6.07 Å². The molecule has 2 aliphatic rings. The maximum absolute atomic E-state index is 12.6. The van der Waals surface area contributed by atoms with Crippen molar-refractivity contribution in [1.82, 2.24) is 0 Å². The lowest BCUT2D eigenvalue weighted by atomic mass is 10.1. The van der Waals surface area contributed by atoms with Gasteiger partial charge in [0.25, 0.3) is 0 Å². The fourth-order valence-electron chi connectivity index (χ4n) is 3.12. The number of aliphatic hydroxyl groups is 1. The Morgan fingerprint density at radius 3 is 1.96 bits per heavy atom. The van der Waals surface area contributed by atoms with Crippen LogP contribution in [0.2, 0.25) is 0 Å². The van der Waals surface area contributed by atoms with Gasteiger partial charge in [0.1, 0.15) is 15.6 Å². The molecule has 0 fully saturated rings. The van der Waals surface area contributed by atoms with Crippen LogP contribution in [0.15, 0.2) is 85.3 Å². The highest BCUT2D eigenvalue weighted by atomic mass is 35.5. The van der Waals surface area contributed by atoms with Crippen molar-refractivity contribution in [2.75, 3.05) is 0 Å². The monoisotopic (exact) mass is 434 g/mol. The average Bonchev–Trinajstić information content (AvgIpc) is 2.98. The number of benzene rings is 2. The van der Waals surface area contributed by atoms with E-state index in [2.05, 4.69) is 0 Å². The highest BCUT2D eigenvalue weighted by Crippen LogP contribution is 2.40. The van der Waals surface area contributed by atoms with E-state index in [4.69, 9.17) is 11.6 Å². The van der Waals surface area contributed by atoms with Gasteiger partial charge in [-0.25, -0.2) is 16.8 Å². The minimum Gasteiger partial charge on any atom is -0.506 e. The summed E-state index contributed by atoms with van der Waals surface area (Å²) in [4.78, 5) is 11.2. The van der Waals surface area contributed by atoms with E-state index < -0.39 is 41.0 Å². The number of hydrogen-bond donors (Lipinski definition) is 1. The first-order valence-corrected chi connectivity index (χ1v) is 11.3. The van der Waals surface area contributed by atoms with Crippen molar-refractivity contribution in [2.45, 2.75) is 9.79 Å². The molecule has 0 saturated heterocycles. The molecule has 0 spiro atoms. The van der Waals surface area contributed by atoms with Crippen molar-refractivity contribution in [3.63, 3.8) is 0 Å². The molecular weight excluding hydrogens is 424 g/mol. The summed E-state index contributed by atoms with van der Waals surface area (Å²) in [6.45, 7) is 0. The molecule has 6 nitrogen and oxygen atoms in total. The van der Waals surface area contributed by atoms with Crippen molar-refractivity contribution in [2.24, 2.45) is 0 Å². The molecule has 0 unspecified atom stereocenters.